The minimum atomic E-state index is -0.509. The topological polar surface area (TPSA) is 29.1 Å². The number of carbonyl (C=O) groups is 1. The van der Waals surface area contributed by atoms with Crippen LogP contribution in [-0.2, 0) is 0 Å². The molecule has 20 heavy (non-hydrogen) atoms. The van der Waals surface area contributed by atoms with Crippen molar-refractivity contribution in [1.82, 2.24) is 0 Å². The van der Waals surface area contributed by atoms with Gasteiger partial charge in [0.2, 0.25) is 0 Å². The molecule has 0 aliphatic rings. The molecule has 0 spiro atoms. The van der Waals surface area contributed by atoms with Crippen LogP contribution >= 0.6 is 50.7 Å². The van der Waals surface area contributed by atoms with E-state index in [0.717, 1.165) is 6.07 Å². The van der Waals surface area contributed by atoms with Crippen LogP contribution in [0.1, 0.15) is 10.4 Å². The van der Waals surface area contributed by atoms with Crippen molar-refractivity contribution in [3.8, 4) is 0 Å². The van der Waals surface area contributed by atoms with Crippen molar-refractivity contribution < 1.29 is 9.18 Å². The van der Waals surface area contributed by atoms with Gasteiger partial charge in [0.15, 0.2) is 0 Å². The van der Waals surface area contributed by atoms with Gasteiger partial charge in [-0.05, 0) is 46.3 Å². The predicted molar refractivity (Wildman–Crippen MR) is 83.5 cm³/mol. The van der Waals surface area contributed by atoms with Gasteiger partial charge in [-0.1, -0.05) is 34.8 Å². The predicted octanol–water partition coefficient (Wildman–Crippen LogP) is 5.80. The van der Waals surface area contributed by atoms with E-state index in [2.05, 4.69) is 21.2 Å². The lowest BCUT2D eigenvalue weighted by Crippen LogP contribution is -2.12. The van der Waals surface area contributed by atoms with Crippen LogP contribution < -0.4 is 5.32 Å². The molecular weight excluding hydrogens is 391 g/mol. The van der Waals surface area contributed by atoms with Gasteiger partial charge >= 0.3 is 0 Å². The molecule has 0 unspecified atom stereocenters. The SMILES string of the molecule is O=C(Nc1c(Cl)cc(F)cc1Br)c1cc(Cl)cc(Cl)c1. The minimum Gasteiger partial charge on any atom is -0.320 e. The van der Waals surface area contributed by atoms with Crippen LogP contribution in [0.4, 0.5) is 10.1 Å². The van der Waals surface area contributed by atoms with Crippen LogP contribution in [0.25, 0.3) is 0 Å². The summed E-state index contributed by atoms with van der Waals surface area (Å²) in [4.78, 5) is 12.1. The molecule has 104 valence electrons. The van der Waals surface area contributed by atoms with Crippen molar-refractivity contribution in [3.05, 3.63) is 61.3 Å². The van der Waals surface area contributed by atoms with E-state index in [1.165, 1.54) is 24.3 Å². The van der Waals surface area contributed by atoms with Crippen LogP contribution in [0.2, 0.25) is 15.1 Å². The van der Waals surface area contributed by atoms with E-state index < -0.39 is 11.7 Å². The third kappa shape index (κ3) is 3.64. The van der Waals surface area contributed by atoms with E-state index in [-0.39, 0.29) is 16.3 Å². The maximum atomic E-state index is 13.1. The zero-order valence-electron chi connectivity index (χ0n) is 9.68. The number of amides is 1. The van der Waals surface area contributed by atoms with Crippen molar-refractivity contribution >= 4 is 62.3 Å². The summed E-state index contributed by atoms with van der Waals surface area (Å²) in [7, 11) is 0. The number of carbonyl (C=O) groups excluding carboxylic acids is 1. The molecule has 2 nitrogen and oxygen atoms in total. The lowest BCUT2D eigenvalue weighted by Gasteiger charge is -2.10. The molecule has 1 amide bonds. The first-order valence-corrected chi connectivity index (χ1v) is 7.21. The highest BCUT2D eigenvalue weighted by molar-refractivity contribution is 9.10. The van der Waals surface area contributed by atoms with Gasteiger partial charge in [-0.3, -0.25) is 4.79 Å². The summed E-state index contributed by atoms with van der Waals surface area (Å²) in [6, 6.07) is 6.75. The molecule has 2 aromatic rings. The second-order valence-corrected chi connectivity index (χ2v) is 5.99. The van der Waals surface area contributed by atoms with Crippen LogP contribution in [0, 0.1) is 5.82 Å². The first-order valence-electron chi connectivity index (χ1n) is 5.29. The summed E-state index contributed by atoms with van der Waals surface area (Å²) in [5.74, 6) is -0.964. The zero-order valence-corrected chi connectivity index (χ0v) is 13.5. The number of hydrogen-bond donors (Lipinski definition) is 1. The highest BCUT2D eigenvalue weighted by atomic mass is 79.9. The lowest BCUT2D eigenvalue weighted by molar-refractivity contribution is 0.102. The van der Waals surface area contributed by atoms with Crippen molar-refractivity contribution in [2.45, 2.75) is 0 Å². The van der Waals surface area contributed by atoms with Crippen LogP contribution in [0.5, 0.6) is 0 Å². The van der Waals surface area contributed by atoms with E-state index in [4.69, 9.17) is 34.8 Å². The highest BCUT2D eigenvalue weighted by Crippen LogP contribution is 2.32. The summed E-state index contributed by atoms with van der Waals surface area (Å²) in [5, 5.41) is 3.34. The average Bonchev–Trinajstić information content (AvgIpc) is 2.32. The Bertz CT molecular complexity index is 650. The van der Waals surface area contributed by atoms with Crippen LogP contribution in [0.15, 0.2) is 34.8 Å². The van der Waals surface area contributed by atoms with E-state index >= 15 is 0 Å². The Hall–Kier alpha value is -0.810. The second kappa shape index (κ2) is 6.31. The normalized spacial score (nSPS) is 10.4. The van der Waals surface area contributed by atoms with Crippen molar-refractivity contribution in [1.29, 1.82) is 0 Å². The summed E-state index contributed by atoms with van der Waals surface area (Å²) >= 11 is 20.7. The lowest BCUT2D eigenvalue weighted by atomic mass is 10.2. The Kier molecular flexibility index (Phi) is 4.91. The van der Waals surface area contributed by atoms with E-state index in [0.29, 0.717) is 14.5 Å². The highest BCUT2D eigenvalue weighted by Gasteiger charge is 2.14. The van der Waals surface area contributed by atoms with Gasteiger partial charge in [0.25, 0.3) is 5.91 Å². The second-order valence-electron chi connectivity index (χ2n) is 3.86. The Morgan fingerprint density at radius 1 is 1.05 bits per heavy atom. The van der Waals surface area contributed by atoms with Gasteiger partial charge < -0.3 is 5.32 Å². The number of anilines is 1. The summed E-state index contributed by atoms with van der Waals surface area (Å²) in [5.41, 5.74) is 0.545. The number of rotatable bonds is 2. The monoisotopic (exact) mass is 395 g/mol. The van der Waals surface area contributed by atoms with Crippen molar-refractivity contribution in [2.24, 2.45) is 0 Å². The fraction of sp³-hybridized carbons (Fsp3) is 0. The van der Waals surface area contributed by atoms with Crippen molar-refractivity contribution in [2.75, 3.05) is 5.32 Å². The molecule has 0 aliphatic carbocycles. The van der Waals surface area contributed by atoms with Gasteiger partial charge in [0, 0.05) is 20.1 Å². The number of benzene rings is 2. The van der Waals surface area contributed by atoms with Gasteiger partial charge in [-0.2, -0.15) is 0 Å². The van der Waals surface area contributed by atoms with Crippen molar-refractivity contribution in [3.63, 3.8) is 0 Å². The van der Waals surface area contributed by atoms with Crippen LogP contribution in [-0.4, -0.2) is 5.91 Å². The molecule has 0 aromatic heterocycles. The Morgan fingerprint density at radius 2 is 1.65 bits per heavy atom. The van der Waals surface area contributed by atoms with Gasteiger partial charge in [-0.25, -0.2) is 4.39 Å². The fourth-order valence-electron chi connectivity index (χ4n) is 1.53. The molecule has 2 rings (SSSR count). The summed E-state index contributed by atoms with van der Waals surface area (Å²) < 4.78 is 13.4. The van der Waals surface area contributed by atoms with Gasteiger partial charge in [-0.15, -0.1) is 0 Å². The largest absolute Gasteiger partial charge is 0.320 e. The number of nitrogens with one attached hydrogen (secondary N) is 1. The molecular formula is C13H6BrCl3FNO. The van der Waals surface area contributed by atoms with E-state index in [1.807, 2.05) is 0 Å². The maximum Gasteiger partial charge on any atom is 0.255 e. The molecule has 1 N–H and O–H groups in total. The standard InChI is InChI=1S/C13H6BrCl3FNO/c14-10-4-9(18)5-11(17)12(10)19-13(20)6-1-7(15)3-8(16)2-6/h1-5H,(H,19,20). The molecule has 0 saturated carbocycles. The minimum absolute atomic E-state index is 0.0818. The summed E-state index contributed by atoms with van der Waals surface area (Å²) in [6.07, 6.45) is 0. The molecule has 7 heteroatoms. The molecule has 0 aliphatic heterocycles. The van der Waals surface area contributed by atoms with Gasteiger partial charge in [0.1, 0.15) is 5.82 Å². The first-order chi connectivity index (χ1) is 9.36. The molecule has 0 radical (unpaired) electrons. The molecule has 0 fully saturated rings. The molecule has 0 atom stereocenters. The quantitative estimate of drug-likeness (QED) is 0.682. The average molecular weight is 397 g/mol. The molecule has 0 heterocycles. The zero-order chi connectivity index (χ0) is 14.9. The van der Waals surface area contributed by atoms with E-state index in [9.17, 15) is 9.18 Å². The van der Waals surface area contributed by atoms with Crippen LogP contribution in [0.3, 0.4) is 0 Å². The van der Waals surface area contributed by atoms with E-state index in [1.54, 1.807) is 0 Å². The fourth-order valence-corrected chi connectivity index (χ4v) is 2.96. The third-order valence-electron chi connectivity index (χ3n) is 2.37. The Balaban J connectivity index is 2.32. The van der Waals surface area contributed by atoms with Gasteiger partial charge in [0.05, 0.1) is 10.7 Å². The number of halogens is 5. The molecule has 2 aromatic carbocycles. The third-order valence-corrected chi connectivity index (χ3v) is 3.73. The smallest absolute Gasteiger partial charge is 0.255 e. The maximum absolute atomic E-state index is 13.1. The molecule has 0 bridgehead atoms. The Morgan fingerprint density at radius 3 is 2.20 bits per heavy atom. The Labute approximate surface area is 138 Å². The molecule has 0 saturated heterocycles. The first kappa shape index (κ1) is 15.6. The summed E-state index contributed by atoms with van der Waals surface area (Å²) in [6.45, 7) is 0. The number of hydrogen-bond acceptors (Lipinski definition) is 1.